The molecule has 0 saturated heterocycles. The maximum Gasteiger partial charge on any atom is 0.336 e. The van der Waals surface area contributed by atoms with Crippen molar-refractivity contribution >= 4 is 29.3 Å². The number of carbonyl (C=O) groups excluding carboxylic acids is 1. The van der Waals surface area contributed by atoms with Crippen LogP contribution in [0.5, 0.6) is 11.5 Å². The largest absolute Gasteiger partial charge is 0.497 e. The van der Waals surface area contributed by atoms with Gasteiger partial charge in [-0.25, -0.2) is 4.79 Å². The Morgan fingerprint density at radius 3 is 2.29 bits per heavy atom. The van der Waals surface area contributed by atoms with Gasteiger partial charge < -0.3 is 19.9 Å². The van der Waals surface area contributed by atoms with Crippen LogP contribution in [-0.2, 0) is 4.79 Å². The van der Waals surface area contributed by atoms with E-state index in [4.69, 9.17) is 14.6 Å². The minimum atomic E-state index is -1.02. The summed E-state index contributed by atoms with van der Waals surface area (Å²) >= 11 is 1.17. The highest BCUT2D eigenvalue weighted by molar-refractivity contribution is 8.00. The van der Waals surface area contributed by atoms with Crippen LogP contribution in [-0.4, -0.2) is 37.0 Å². The Morgan fingerprint density at radius 1 is 1.08 bits per heavy atom. The lowest BCUT2D eigenvalue weighted by molar-refractivity contribution is -0.113. The second-order valence-electron chi connectivity index (χ2n) is 4.74. The molecule has 0 heterocycles. The number of aromatic carboxylic acids is 1. The second-order valence-corrected chi connectivity index (χ2v) is 5.76. The SMILES string of the molecule is COc1cc(NC(=O)CSc2ccccc2C(=O)O)cc(OC)c1. The van der Waals surface area contributed by atoms with Gasteiger partial charge in [-0.1, -0.05) is 12.1 Å². The molecule has 0 spiro atoms. The Balaban J connectivity index is 2.03. The Morgan fingerprint density at radius 2 is 1.71 bits per heavy atom. The van der Waals surface area contributed by atoms with E-state index in [0.717, 1.165) is 0 Å². The molecule has 0 aliphatic heterocycles. The van der Waals surface area contributed by atoms with Crippen LogP contribution in [0.15, 0.2) is 47.4 Å². The molecule has 126 valence electrons. The van der Waals surface area contributed by atoms with Crippen LogP contribution >= 0.6 is 11.8 Å². The maximum absolute atomic E-state index is 12.1. The fourth-order valence-corrected chi connectivity index (χ4v) is 2.83. The van der Waals surface area contributed by atoms with Crippen molar-refractivity contribution in [3.63, 3.8) is 0 Å². The summed E-state index contributed by atoms with van der Waals surface area (Å²) in [6.07, 6.45) is 0. The van der Waals surface area contributed by atoms with E-state index in [0.29, 0.717) is 22.1 Å². The number of carbonyl (C=O) groups is 2. The molecule has 7 heteroatoms. The van der Waals surface area contributed by atoms with Gasteiger partial charge in [0, 0.05) is 28.8 Å². The lowest BCUT2D eigenvalue weighted by Crippen LogP contribution is -2.14. The van der Waals surface area contributed by atoms with Gasteiger partial charge in [0.2, 0.25) is 5.91 Å². The molecule has 0 unspecified atom stereocenters. The normalized spacial score (nSPS) is 10.1. The number of benzene rings is 2. The first-order chi connectivity index (χ1) is 11.5. The van der Waals surface area contributed by atoms with Gasteiger partial charge in [0.1, 0.15) is 11.5 Å². The number of nitrogens with one attached hydrogen (secondary N) is 1. The van der Waals surface area contributed by atoms with Crippen LogP contribution in [0.2, 0.25) is 0 Å². The average Bonchev–Trinajstić information content (AvgIpc) is 2.59. The smallest absolute Gasteiger partial charge is 0.336 e. The summed E-state index contributed by atoms with van der Waals surface area (Å²) in [5.41, 5.74) is 0.724. The van der Waals surface area contributed by atoms with Gasteiger partial charge in [0.05, 0.1) is 25.5 Å². The minimum Gasteiger partial charge on any atom is -0.497 e. The lowest BCUT2D eigenvalue weighted by atomic mass is 10.2. The van der Waals surface area contributed by atoms with Crippen molar-refractivity contribution in [2.24, 2.45) is 0 Å². The van der Waals surface area contributed by atoms with Crippen LogP contribution in [0.4, 0.5) is 5.69 Å². The van der Waals surface area contributed by atoms with E-state index in [-0.39, 0.29) is 17.2 Å². The highest BCUT2D eigenvalue weighted by Gasteiger charge is 2.12. The van der Waals surface area contributed by atoms with Gasteiger partial charge in [-0.05, 0) is 12.1 Å². The number of carboxylic acids is 1. The molecule has 0 radical (unpaired) electrons. The third-order valence-electron chi connectivity index (χ3n) is 3.11. The van der Waals surface area contributed by atoms with E-state index in [1.54, 1.807) is 36.4 Å². The number of anilines is 1. The molecule has 0 fully saturated rings. The van der Waals surface area contributed by atoms with E-state index in [9.17, 15) is 9.59 Å². The summed E-state index contributed by atoms with van der Waals surface area (Å²) in [5.74, 6) is -0.0577. The zero-order valence-electron chi connectivity index (χ0n) is 13.2. The second kappa shape index (κ2) is 8.26. The molecule has 0 aliphatic carbocycles. The van der Waals surface area contributed by atoms with E-state index in [2.05, 4.69) is 5.32 Å². The zero-order chi connectivity index (χ0) is 17.5. The molecule has 2 aromatic rings. The predicted octanol–water partition coefficient (Wildman–Crippen LogP) is 3.13. The Kier molecular flexibility index (Phi) is 6.08. The topological polar surface area (TPSA) is 84.9 Å². The summed E-state index contributed by atoms with van der Waals surface area (Å²) in [6, 6.07) is 11.6. The lowest BCUT2D eigenvalue weighted by Gasteiger charge is -2.10. The van der Waals surface area contributed by atoms with Gasteiger partial charge in [-0.2, -0.15) is 0 Å². The zero-order valence-corrected chi connectivity index (χ0v) is 14.1. The van der Waals surface area contributed by atoms with Crippen LogP contribution < -0.4 is 14.8 Å². The third-order valence-corrected chi connectivity index (χ3v) is 4.18. The van der Waals surface area contributed by atoms with E-state index in [1.807, 2.05) is 0 Å². The van der Waals surface area contributed by atoms with Crippen molar-refractivity contribution in [1.82, 2.24) is 0 Å². The van der Waals surface area contributed by atoms with Crippen molar-refractivity contribution < 1.29 is 24.2 Å². The monoisotopic (exact) mass is 347 g/mol. The molecule has 0 saturated carbocycles. The molecule has 2 rings (SSSR count). The van der Waals surface area contributed by atoms with Crippen molar-refractivity contribution in [2.45, 2.75) is 4.90 Å². The van der Waals surface area contributed by atoms with Crippen LogP contribution in [0.3, 0.4) is 0 Å². The Hall–Kier alpha value is -2.67. The molecular formula is C17H17NO5S. The molecule has 2 aromatic carbocycles. The maximum atomic E-state index is 12.1. The van der Waals surface area contributed by atoms with Gasteiger partial charge >= 0.3 is 5.97 Å². The number of hydrogen-bond acceptors (Lipinski definition) is 5. The predicted molar refractivity (Wildman–Crippen MR) is 92.3 cm³/mol. The van der Waals surface area contributed by atoms with E-state index in [1.165, 1.54) is 32.0 Å². The highest BCUT2D eigenvalue weighted by atomic mass is 32.2. The highest BCUT2D eigenvalue weighted by Crippen LogP contribution is 2.27. The first kappa shape index (κ1) is 17.7. The van der Waals surface area contributed by atoms with Gasteiger partial charge in [-0.3, -0.25) is 4.79 Å². The molecule has 0 aliphatic rings. The average molecular weight is 347 g/mol. The molecule has 0 bridgehead atoms. The van der Waals surface area contributed by atoms with Crippen molar-refractivity contribution in [3.8, 4) is 11.5 Å². The molecule has 0 aromatic heterocycles. The first-order valence-electron chi connectivity index (χ1n) is 7.01. The number of thioether (sulfide) groups is 1. The van der Waals surface area contributed by atoms with E-state index < -0.39 is 5.97 Å². The van der Waals surface area contributed by atoms with Gasteiger partial charge in [-0.15, -0.1) is 11.8 Å². The van der Waals surface area contributed by atoms with Crippen molar-refractivity contribution in [1.29, 1.82) is 0 Å². The Labute approximate surface area is 143 Å². The first-order valence-corrected chi connectivity index (χ1v) is 8.00. The van der Waals surface area contributed by atoms with Crippen molar-refractivity contribution in [2.75, 3.05) is 25.3 Å². The fraction of sp³-hybridized carbons (Fsp3) is 0.176. The molecule has 6 nitrogen and oxygen atoms in total. The molecule has 1 amide bonds. The molecular weight excluding hydrogens is 330 g/mol. The molecule has 0 atom stereocenters. The minimum absolute atomic E-state index is 0.0871. The number of hydrogen-bond donors (Lipinski definition) is 2. The Bertz CT molecular complexity index is 725. The quantitative estimate of drug-likeness (QED) is 0.749. The number of ether oxygens (including phenoxy) is 2. The number of amides is 1. The van der Waals surface area contributed by atoms with Gasteiger partial charge in [0.25, 0.3) is 0 Å². The molecule has 2 N–H and O–H groups in total. The summed E-state index contributed by atoms with van der Waals surface area (Å²) in [5, 5.41) is 11.9. The van der Waals surface area contributed by atoms with Crippen molar-refractivity contribution in [3.05, 3.63) is 48.0 Å². The van der Waals surface area contributed by atoms with Crippen LogP contribution in [0.1, 0.15) is 10.4 Å². The molecule has 24 heavy (non-hydrogen) atoms. The summed E-state index contributed by atoms with van der Waals surface area (Å²) < 4.78 is 10.3. The summed E-state index contributed by atoms with van der Waals surface area (Å²) in [7, 11) is 3.05. The van der Waals surface area contributed by atoms with Crippen LogP contribution in [0.25, 0.3) is 0 Å². The number of rotatable bonds is 7. The van der Waals surface area contributed by atoms with Crippen LogP contribution in [0, 0.1) is 0 Å². The standard InChI is InChI=1S/C17H17NO5S/c1-22-12-7-11(8-13(9-12)23-2)18-16(19)10-24-15-6-4-3-5-14(15)17(20)21/h3-9H,10H2,1-2H3,(H,18,19)(H,20,21). The number of methoxy groups -OCH3 is 2. The third kappa shape index (κ3) is 4.66. The van der Waals surface area contributed by atoms with Gasteiger partial charge in [0.15, 0.2) is 0 Å². The summed E-state index contributed by atoms with van der Waals surface area (Å²) in [4.78, 5) is 23.8. The summed E-state index contributed by atoms with van der Waals surface area (Å²) in [6.45, 7) is 0. The van der Waals surface area contributed by atoms with E-state index >= 15 is 0 Å². The fourth-order valence-electron chi connectivity index (χ4n) is 1.99. The number of carboxylic acid groups (broad SMARTS) is 1.